The highest BCUT2D eigenvalue weighted by atomic mass is 16.2. The molecule has 2 atom stereocenters. The quantitative estimate of drug-likeness (QED) is 0.671. The van der Waals surface area contributed by atoms with E-state index in [0.717, 1.165) is 0 Å². The van der Waals surface area contributed by atoms with Crippen molar-refractivity contribution >= 4 is 11.8 Å². The van der Waals surface area contributed by atoms with E-state index in [4.69, 9.17) is 0 Å². The van der Waals surface area contributed by atoms with Crippen LogP contribution in [0.5, 0.6) is 0 Å². The molecule has 15 heavy (non-hydrogen) atoms. The molecular weight excluding hydrogens is 192 g/mol. The van der Waals surface area contributed by atoms with Crippen LogP contribution in [0.4, 0.5) is 0 Å². The Kier molecular flexibility index (Phi) is 3.07. The van der Waals surface area contributed by atoms with Crippen molar-refractivity contribution < 1.29 is 9.59 Å². The number of piperazine rings is 1. The van der Waals surface area contributed by atoms with E-state index in [0.29, 0.717) is 0 Å². The van der Waals surface area contributed by atoms with E-state index in [9.17, 15) is 9.59 Å². The highest BCUT2D eigenvalue weighted by molar-refractivity contribution is 5.97. The fourth-order valence-corrected chi connectivity index (χ4v) is 1.68. The molecule has 0 aromatic heterocycles. The van der Waals surface area contributed by atoms with Gasteiger partial charge in [-0.05, 0) is 11.3 Å². The first-order chi connectivity index (χ1) is 6.73. The molecule has 0 unspecified atom stereocenters. The van der Waals surface area contributed by atoms with Crippen molar-refractivity contribution in [1.29, 1.82) is 0 Å². The van der Waals surface area contributed by atoms with Gasteiger partial charge in [0.15, 0.2) is 0 Å². The zero-order valence-electron chi connectivity index (χ0n) is 10.0. The molecule has 1 fully saturated rings. The summed E-state index contributed by atoms with van der Waals surface area (Å²) in [6.07, 6.45) is 0. The van der Waals surface area contributed by atoms with E-state index in [2.05, 4.69) is 10.6 Å². The number of rotatable bonds is 1. The fourth-order valence-electron chi connectivity index (χ4n) is 1.68. The Bertz CT molecular complexity index is 279. The Morgan fingerprint density at radius 2 is 1.60 bits per heavy atom. The average Bonchev–Trinajstić information content (AvgIpc) is 2.06. The standard InChI is InChI=1S/C11H20N2O2/c1-6(2)7-9(14)13-8(10(15)12-7)11(3,4)5/h6-8H,1-5H3,(H,12,15)(H,13,14)/t7-,8-/m0/s1. The SMILES string of the molecule is CC(C)[C@@H]1NC(=O)[C@@H](C(C)(C)C)NC1=O. The van der Waals surface area contributed by atoms with Crippen molar-refractivity contribution in [3.05, 3.63) is 0 Å². The topological polar surface area (TPSA) is 58.2 Å². The Morgan fingerprint density at radius 3 is 2.00 bits per heavy atom. The Hall–Kier alpha value is -1.06. The molecule has 86 valence electrons. The second-order valence-electron chi connectivity index (χ2n) is 5.54. The first kappa shape index (κ1) is 12.0. The lowest BCUT2D eigenvalue weighted by Crippen LogP contribution is -2.66. The number of hydrogen-bond donors (Lipinski definition) is 2. The smallest absolute Gasteiger partial charge is 0.243 e. The second-order valence-corrected chi connectivity index (χ2v) is 5.54. The molecule has 1 saturated heterocycles. The van der Waals surface area contributed by atoms with Crippen LogP contribution in [0.3, 0.4) is 0 Å². The summed E-state index contributed by atoms with van der Waals surface area (Å²) >= 11 is 0. The maximum atomic E-state index is 11.8. The minimum absolute atomic E-state index is 0.0791. The van der Waals surface area contributed by atoms with E-state index in [1.807, 2.05) is 34.6 Å². The van der Waals surface area contributed by atoms with Crippen LogP contribution in [0, 0.1) is 11.3 Å². The first-order valence-electron chi connectivity index (χ1n) is 5.34. The predicted octanol–water partition coefficient (Wildman–Crippen LogP) is 0.672. The third-order valence-electron chi connectivity index (χ3n) is 2.66. The summed E-state index contributed by atoms with van der Waals surface area (Å²) in [5, 5.41) is 5.56. The van der Waals surface area contributed by atoms with E-state index in [1.165, 1.54) is 0 Å². The summed E-state index contributed by atoms with van der Waals surface area (Å²) < 4.78 is 0. The summed E-state index contributed by atoms with van der Waals surface area (Å²) in [7, 11) is 0. The zero-order valence-corrected chi connectivity index (χ0v) is 10.0. The molecule has 0 aromatic carbocycles. The predicted molar refractivity (Wildman–Crippen MR) is 58.2 cm³/mol. The van der Waals surface area contributed by atoms with E-state index >= 15 is 0 Å². The first-order valence-corrected chi connectivity index (χ1v) is 5.34. The van der Waals surface area contributed by atoms with Crippen LogP contribution < -0.4 is 10.6 Å². The van der Waals surface area contributed by atoms with Crippen molar-refractivity contribution in [2.24, 2.45) is 11.3 Å². The largest absolute Gasteiger partial charge is 0.342 e. The molecule has 1 aliphatic heterocycles. The summed E-state index contributed by atoms with van der Waals surface area (Å²) in [5.74, 6) is -0.0415. The number of carbonyl (C=O) groups excluding carboxylic acids is 2. The van der Waals surface area contributed by atoms with Crippen molar-refractivity contribution in [2.45, 2.75) is 46.7 Å². The molecule has 0 radical (unpaired) electrons. The van der Waals surface area contributed by atoms with Crippen molar-refractivity contribution in [3.63, 3.8) is 0 Å². The van der Waals surface area contributed by atoms with Crippen LogP contribution in [-0.4, -0.2) is 23.9 Å². The summed E-state index contributed by atoms with van der Waals surface area (Å²) in [5.41, 5.74) is -0.248. The maximum absolute atomic E-state index is 11.8. The molecular formula is C11H20N2O2. The summed E-state index contributed by atoms with van der Waals surface area (Å²) in [6, 6.07) is -0.823. The fraction of sp³-hybridized carbons (Fsp3) is 0.818. The van der Waals surface area contributed by atoms with Crippen LogP contribution in [0.15, 0.2) is 0 Å². The molecule has 1 heterocycles. The van der Waals surface area contributed by atoms with Crippen LogP contribution in [0.2, 0.25) is 0 Å². The lowest BCUT2D eigenvalue weighted by molar-refractivity contribution is -0.140. The van der Waals surface area contributed by atoms with Gasteiger partial charge in [-0.3, -0.25) is 9.59 Å². The van der Waals surface area contributed by atoms with E-state index < -0.39 is 12.1 Å². The number of carbonyl (C=O) groups is 2. The number of nitrogens with one attached hydrogen (secondary N) is 2. The van der Waals surface area contributed by atoms with Gasteiger partial charge >= 0.3 is 0 Å². The number of amides is 2. The second kappa shape index (κ2) is 3.83. The summed E-state index contributed by atoms with van der Waals surface area (Å²) in [4.78, 5) is 23.5. The van der Waals surface area contributed by atoms with Crippen LogP contribution in [0.25, 0.3) is 0 Å². The Morgan fingerprint density at radius 1 is 1.07 bits per heavy atom. The molecule has 4 heteroatoms. The number of hydrogen-bond acceptors (Lipinski definition) is 2. The van der Waals surface area contributed by atoms with Gasteiger partial charge in [0.1, 0.15) is 12.1 Å². The van der Waals surface area contributed by atoms with Gasteiger partial charge in [-0.25, -0.2) is 0 Å². The highest BCUT2D eigenvalue weighted by Crippen LogP contribution is 2.22. The Labute approximate surface area is 90.8 Å². The maximum Gasteiger partial charge on any atom is 0.243 e. The molecule has 1 aliphatic rings. The van der Waals surface area contributed by atoms with Gasteiger partial charge in [-0.15, -0.1) is 0 Å². The average molecular weight is 212 g/mol. The monoisotopic (exact) mass is 212 g/mol. The highest BCUT2D eigenvalue weighted by Gasteiger charge is 2.40. The van der Waals surface area contributed by atoms with Gasteiger partial charge in [-0.2, -0.15) is 0 Å². The van der Waals surface area contributed by atoms with Gasteiger partial charge in [0.05, 0.1) is 0 Å². The van der Waals surface area contributed by atoms with E-state index in [-0.39, 0.29) is 23.1 Å². The molecule has 0 bridgehead atoms. The lowest BCUT2D eigenvalue weighted by atomic mass is 9.84. The molecule has 1 rings (SSSR count). The van der Waals surface area contributed by atoms with Crippen LogP contribution in [-0.2, 0) is 9.59 Å². The molecule has 0 aromatic rings. The summed E-state index contributed by atoms with van der Waals surface area (Å²) in [6.45, 7) is 9.65. The van der Waals surface area contributed by atoms with Crippen LogP contribution in [0.1, 0.15) is 34.6 Å². The third kappa shape index (κ3) is 2.49. The molecule has 0 spiro atoms. The minimum Gasteiger partial charge on any atom is -0.342 e. The van der Waals surface area contributed by atoms with Gasteiger partial charge in [0.25, 0.3) is 0 Å². The van der Waals surface area contributed by atoms with Crippen molar-refractivity contribution in [3.8, 4) is 0 Å². The molecule has 2 N–H and O–H groups in total. The van der Waals surface area contributed by atoms with E-state index in [1.54, 1.807) is 0 Å². The molecule has 4 nitrogen and oxygen atoms in total. The normalized spacial score (nSPS) is 27.6. The van der Waals surface area contributed by atoms with Crippen molar-refractivity contribution in [1.82, 2.24) is 10.6 Å². The van der Waals surface area contributed by atoms with Gasteiger partial charge < -0.3 is 10.6 Å². The van der Waals surface area contributed by atoms with Gasteiger partial charge in [0, 0.05) is 0 Å². The van der Waals surface area contributed by atoms with Gasteiger partial charge in [-0.1, -0.05) is 34.6 Å². The lowest BCUT2D eigenvalue weighted by Gasteiger charge is -2.37. The zero-order chi connectivity index (χ0) is 11.8. The van der Waals surface area contributed by atoms with Gasteiger partial charge in [0.2, 0.25) is 11.8 Å². The van der Waals surface area contributed by atoms with Crippen molar-refractivity contribution in [2.75, 3.05) is 0 Å². The minimum atomic E-state index is -0.431. The Balaban J connectivity index is 2.81. The third-order valence-corrected chi connectivity index (χ3v) is 2.66. The van der Waals surface area contributed by atoms with Crippen LogP contribution >= 0.6 is 0 Å². The molecule has 0 aliphatic carbocycles. The molecule has 2 amide bonds. The molecule has 0 saturated carbocycles.